The summed E-state index contributed by atoms with van der Waals surface area (Å²) in [7, 11) is 5.49. The van der Waals surface area contributed by atoms with Gasteiger partial charge in [-0.3, -0.25) is 4.90 Å². The van der Waals surface area contributed by atoms with E-state index in [1.165, 1.54) is 16.3 Å². The SMILES string of the molecule is COCCn1cnnc1CN(C)Cc1c(OC)ccc2ccccc12. The van der Waals surface area contributed by atoms with E-state index in [1.807, 2.05) is 10.6 Å². The molecule has 0 N–H and O–H groups in total. The molecule has 0 aliphatic carbocycles. The molecule has 0 spiro atoms. The van der Waals surface area contributed by atoms with Gasteiger partial charge >= 0.3 is 0 Å². The van der Waals surface area contributed by atoms with Crippen LogP contribution in [0.5, 0.6) is 5.75 Å². The maximum atomic E-state index is 5.59. The molecule has 2 aromatic carbocycles. The quantitative estimate of drug-likeness (QED) is 0.631. The lowest BCUT2D eigenvalue weighted by Gasteiger charge is -2.20. The van der Waals surface area contributed by atoms with Crippen LogP contribution in [0.1, 0.15) is 11.4 Å². The third-order valence-electron chi connectivity index (χ3n) is 4.29. The zero-order chi connectivity index (χ0) is 17.6. The third-order valence-corrected chi connectivity index (χ3v) is 4.29. The van der Waals surface area contributed by atoms with E-state index < -0.39 is 0 Å². The number of hydrogen-bond donors (Lipinski definition) is 0. The minimum atomic E-state index is 0.645. The number of hydrogen-bond acceptors (Lipinski definition) is 5. The summed E-state index contributed by atoms with van der Waals surface area (Å²) >= 11 is 0. The molecule has 0 unspecified atom stereocenters. The normalized spacial score (nSPS) is 11.4. The Labute approximate surface area is 148 Å². The Bertz CT molecular complexity index is 831. The number of ether oxygens (including phenoxy) is 2. The highest BCUT2D eigenvalue weighted by molar-refractivity contribution is 5.87. The first-order valence-corrected chi connectivity index (χ1v) is 8.31. The number of fused-ring (bicyclic) bond motifs is 1. The average molecular weight is 340 g/mol. The Hall–Kier alpha value is -2.44. The molecule has 0 fully saturated rings. The summed E-state index contributed by atoms with van der Waals surface area (Å²) in [6.45, 7) is 2.87. The Kier molecular flexibility index (Phi) is 5.63. The molecule has 6 heteroatoms. The Morgan fingerprint density at radius 2 is 1.92 bits per heavy atom. The molecule has 3 rings (SSSR count). The Morgan fingerprint density at radius 1 is 1.08 bits per heavy atom. The van der Waals surface area contributed by atoms with Crippen LogP contribution in [0.3, 0.4) is 0 Å². The van der Waals surface area contributed by atoms with Crippen LogP contribution in [0.15, 0.2) is 42.7 Å². The number of nitrogens with zero attached hydrogens (tertiary/aromatic N) is 4. The van der Waals surface area contributed by atoms with E-state index in [1.54, 1.807) is 20.5 Å². The zero-order valence-corrected chi connectivity index (χ0v) is 15.0. The van der Waals surface area contributed by atoms with Gasteiger partial charge in [0.25, 0.3) is 0 Å². The van der Waals surface area contributed by atoms with Gasteiger partial charge in [0, 0.05) is 25.8 Å². The molecular formula is C19H24N4O2. The van der Waals surface area contributed by atoms with Gasteiger partial charge in [0.2, 0.25) is 0 Å². The summed E-state index contributed by atoms with van der Waals surface area (Å²) in [4.78, 5) is 2.22. The van der Waals surface area contributed by atoms with Crippen molar-refractivity contribution in [2.24, 2.45) is 0 Å². The second kappa shape index (κ2) is 8.09. The first-order chi connectivity index (χ1) is 12.2. The van der Waals surface area contributed by atoms with Crippen LogP contribution < -0.4 is 4.74 Å². The van der Waals surface area contributed by atoms with Crippen LogP contribution in [0.25, 0.3) is 10.8 Å². The second-order valence-corrected chi connectivity index (χ2v) is 6.07. The van der Waals surface area contributed by atoms with E-state index in [-0.39, 0.29) is 0 Å². The number of benzene rings is 2. The Morgan fingerprint density at radius 3 is 2.72 bits per heavy atom. The van der Waals surface area contributed by atoms with Gasteiger partial charge in [-0.15, -0.1) is 10.2 Å². The van der Waals surface area contributed by atoms with Gasteiger partial charge in [0.1, 0.15) is 17.9 Å². The third kappa shape index (κ3) is 3.97. The maximum Gasteiger partial charge on any atom is 0.147 e. The van der Waals surface area contributed by atoms with E-state index in [2.05, 4.69) is 52.5 Å². The van der Waals surface area contributed by atoms with Crippen molar-refractivity contribution in [3.8, 4) is 5.75 Å². The molecule has 1 heterocycles. The summed E-state index contributed by atoms with van der Waals surface area (Å²) in [6.07, 6.45) is 1.75. The van der Waals surface area contributed by atoms with E-state index in [0.717, 1.165) is 24.7 Å². The van der Waals surface area contributed by atoms with Crippen molar-refractivity contribution in [3.63, 3.8) is 0 Å². The van der Waals surface area contributed by atoms with Crippen molar-refractivity contribution in [2.45, 2.75) is 19.6 Å². The van der Waals surface area contributed by atoms with Gasteiger partial charge < -0.3 is 14.0 Å². The summed E-state index contributed by atoms with van der Waals surface area (Å²) < 4.78 is 12.8. The summed E-state index contributed by atoms with van der Waals surface area (Å²) in [6, 6.07) is 12.5. The predicted molar refractivity (Wildman–Crippen MR) is 97.6 cm³/mol. The smallest absolute Gasteiger partial charge is 0.147 e. The maximum absolute atomic E-state index is 5.59. The average Bonchev–Trinajstić information content (AvgIpc) is 3.07. The van der Waals surface area contributed by atoms with Crippen molar-refractivity contribution in [1.29, 1.82) is 0 Å². The highest BCUT2D eigenvalue weighted by atomic mass is 16.5. The second-order valence-electron chi connectivity index (χ2n) is 6.07. The predicted octanol–water partition coefficient (Wildman–Crippen LogP) is 2.72. The van der Waals surface area contributed by atoms with Gasteiger partial charge in [-0.05, 0) is 23.9 Å². The van der Waals surface area contributed by atoms with Crippen LogP contribution in [-0.2, 0) is 24.4 Å². The minimum Gasteiger partial charge on any atom is -0.496 e. The molecule has 25 heavy (non-hydrogen) atoms. The van der Waals surface area contributed by atoms with Crippen LogP contribution in [0.4, 0.5) is 0 Å². The first-order valence-electron chi connectivity index (χ1n) is 8.31. The van der Waals surface area contributed by atoms with Crippen molar-refractivity contribution >= 4 is 10.8 Å². The first kappa shape index (κ1) is 17.4. The Balaban J connectivity index is 1.80. The van der Waals surface area contributed by atoms with Crippen molar-refractivity contribution in [3.05, 3.63) is 54.1 Å². The fraction of sp³-hybridized carbons (Fsp3) is 0.368. The van der Waals surface area contributed by atoms with Gasteiger partial charge in [-0.25, -0.2) is 0 Å². The fourth-order valence-corrected chi connectivity index (χ4v) is 3.02. The molecular weight excluding hydrogens is 316 g/mol. The van der Waals surface area contributed by atoms with Crippen molar-refractivity contribution < 1.29 is 9.47 Å². The van der Waals surface area contributed by atoms with Gasteiger partial charge in [-0.2, -0.15) is 0 Å². The van der Waals surface area contributed by atoms with Crippen LogP contribution >= 0.6 is 0 Å². The number of rotatable bonds is 8. The molecule has 0 bridgehead atoms. The molecule has 0 saturated carbocycles. The molecule has 0 saturated heterocycles. The molecule has 0 atom stereocenters. The summed E-state index contributed by atoms with van der Waals surface area (Å²) in [5.41, 5.74) is 1.19. The van der Waals surface area contributed by atoms with Crippen LogP contribution in [0.2, 0.25) is 0 Å². The monoisotopic (exact) mass is 340 g/mol. The molecule has 6 nitrogen and oxygen atoms in total. The lowest BCUT2D eigenvalue weighted by molar-refractivity contribution is 0.184. The molecule has 132 valence electrons. The van der Waals surface area contributed by atoms with E-state index in [0.29, 0.717) is 13.2 Å². The molecule has 0 aliphatic rings. The number of methoxy groups -OCH3 is 2. The van der Waals surface area contributed by atoms with Crippen molar-refractivity contribution in [1.82, 2.24) is 19.7 Å². The topological polar surface area (TPSA) is 52.4 Å². The lowest BCUT2D eigenvalue weighted by atomic mass is 10.0. The summed E-state index contributed by atoms with van der Waals surface area (Å²) in [5, 5.41) is 10.7. The van der Waals surface area contributed by atoms with E-state index in [9.17, 15) is 0 Å². The van der Waals surface area contributed by atoms with Gasteiger partial charge in [0.05, 0.1) is 20.3 Å². The van der Waals surface area contributed by atoms with Gasteiger partial charge in [0.15, 0.2) is 0 Å². The zero-order valence-electron chi connectivity index (χ0n) is 15.0. The van der Waals surface area contributed by atoms with E-state index >= 15 is 0 Å². The largest absolute Gasteiger partial charge is 0.496 e. The molecule has 1 aromatic heterocycles. The summed E-state index contributed by atoms with van der Waals surface area (Å²) in [5.74, 6) is 1.84. The standard InChI is InChI=1S/C19H24N4O2/c1-22(13-19-21-20-14-23(19)10-11-24-2)12-17-16-7-5-4-6-15(16)8-9-18(17)25-3/h4-9,14H,10-13H2,1-3H3. The molecule has 0 radical (unpaired) electrons. The van der Waals surface area contributed by atoms with Gasteiger partial charge in [-0.1, -0.05) is 30.3 Å². The number of aromatic nitrogens is 3. The molecule has 0 aliphatic heterocycles. The van der Waals surface area contributed by atoms with E-state index in [4.69, 9.17) is 9.47 Å². The van der Waals surface area contributed by atoms with Crippen LogP contribution in [0, 0.1) is 0 Å². The minimum absolute atomic E-state index is 0.645. The highest BCUT2D eigenvalue weighted by Gasteiger charge is 2.13. The van der Waals surface area contributed by atoms with Crippen LogP contribution in [-0.4, -0.2) is 47.5 Å². The molecule has 0 amide bonds. The lowest BCUT2D eigenvalue weighted by Crippen LogP contribution is -2.21. The fourth-order valence-electron chi connectivity index (χ4n) is 3.02. The highest BCUT2D eigenvalue weighted by Crippen LogP contribution is 2.29. The van der Waals surface area contributed by atoms with Crippen molar-refractivity contribution in [2.75, 3.05) is 27.9 Å². The molecule has 3 aromatic rings.